The van der Waals surface area contributed by atoms with Crippen molar-refractivity contribution in [2.24, 2.45) is 0 Å². The van der Waals surface area contributed by atoms with Crippen LogP contribution in [0, 0.1) is 11.6 Å². The van der Waals surface area contributed by atoms with Gasteiger partial charge in [-0.15, -0.1) is 0 Å². The molecule has 0 saturated heterocycles. The smallest absolute Gasteiger partial charge is 0.322 e. The van der Waals surface area contributed by atoms with E-state index in [1.807, 2.05) is 0 Å². The van der Waals surface area contributed by atoms with Gasteiger partial charge in [-0.25, -0.2) is 18.7 Å². The molecular formula is C17H11F2N3O2. The van der Waals surface area contributed by atoms with Crippen molar-refractivity contribution in [1.29, 1.82) is 0 Å². The Kier molecular flexibility index (Phi) is 4.42. The molecule has 1 amide bonds. The summed E-state index contributed by atoms with van der Waals surface area (Å²) in [5.41, 5.74) is 0.619. The van der Waals surface area contributed by atoms with Crippen LogP contribution in [0.15, 0.2) is 60.9 Å². The number of carbonyl (C=O) groups excluding carboxylic acids is 1. The van der Waals surface area contributed by atoms with Gasteiger partial charge in [-0.1, -0.05) is 12.1 Å². The zero-order valence-corrected chi connectivity index (χ0v) is 12.2. The fourth-order valence-electron chi connectivity index (χ4n) is 1.86. The molecule has 0 radical (unpaired) electrons. The SMILES string of the molecule is O=C(Nc1cnc(Oc2ccccc2F)nc1)c1ccc(F)cc1. The van der Waals surface area contributed by atoms with E-state index in [1.165, 1.54) is 54.9 Å². The number of hydrogen-bond donors (Lipinski definition) is 1. The third-order valence-corrected chi connectivity index (χ3v) is 3.03. The number of carbonyl (C=O) groups is 1. The molecule has 0 spiro atoms. The quantitative estimate of drug-likeness (QED) is 0.791. The van der Waals surface area contributed by atoms with Crippen LogP contribution in [0.4, 0.5) is 14.5 Å². The number of nitrogens with one attached hydrogen (secondary N) is 1. The fraction of sp³-hybridized carbons (Fsp3) is 0. The molecule has 0 fully saturated rings. The van der Waals surface area contributed by atoms with E-state index in [-0.39, 0.29) is 11.8 Å². The summed E-state index contributed by atoms with van der Waals surface area (Å²) in [6, 6.07) is 10.9. The minimum Gasteiger partial charge on any atom is -0.421 e. The lowest BCUT2D eigenvalue weighted by Crippen LogP contribution is -2.12. The maximum Gasteiger partial charge on any atom is 0.322 e. The standard InChI is InChI=1S/C17H11F2N3O2/c18-12-7-5-11(6-8-12)16(23)22-13-9-20-17(21-10-13)24-15-4-2-1-3-14(15)19/h1-10H,(H,22,23). The third-order valence-electron chi connectivity index (χ3n) is 3.03. The maximum absolute atomic E-state index is 13.5. The Morgan fingerprint density at radius 1 is 0.958 bits per heavy atom. The lowest BCUT2D eigenvalue weighted by Gasteiger charge is -2.07. The van der Waals surface area contributed by atoms with Crippen LogP contribution in [0.3, 0.4) is 0 Å². The van der Waals surface area contributed by atoms with Gasteiger partial charge in [0.2, 0.25) is 0 Å². The molecule has 0 aliphatic heterocycles. The highest BCUT2D eigenvalue weighted by Crippen LogP contribution is 2.21. The van der Waals surface area contributed by atoms with E-state index < -0.39 is 17.5 Å². The van der Waals surface area contributed by atoms with Crippen LogP contribution >= 0.6 is 0 Å². The zero-order valence-electron chi connectivity index (χ0n) is 12.2. The van der Waals surface area contributed by atoms with Gasteiger partial charge in [0.15, 0.2) is 11.6 Å². The molecule has 0 saturated carbocycles. The molecular weight excluding hydrogens is 316 g/mol. The first-order chi connectivity index (χ1) is 11.6. The van der Waals surface area contributed by atoms with Crippen molar-refractivity contribution in [1.82, 2.24) is 9.97 Å². The molecule has 1 N–H and O–H groups in total. The van der Waals surface area contributed by atoms with E-state index in [0.29, 0.717) is 11.3 Å². The molecule has 7 heteroatoms. The number of halogens is 2. The number of rotatable bonds is 4. The first kappa shape index (κ1) is 15.5. The lowest BCUT2D eigenvalue weighted by molar-refractivity contribution is 0.102. The molecule has 3 aromatic rings. The van der Waals surface area contributed by atoms with Gasteiger partial charge >= 0.3 is 6.01 Å². The molecule has 2 aromatic carbocycles. The van der Waals surface area contributed by atoms with Crippen LogP contribution < -0.4 is 10.1 Å². The number of anilines is 1. The summed E-state index contributed by atoms with van der Waals surface area (Å²) >= 11 is 0. The molecule has 24 heavy (non-hydrogen) atoms. The van der Waals surface area contributed by atoms with E-state index in [1.54, 1.807) is 6.07 Å². The van der Waals surface area contributed by atoms with E-state index >= 15 is 0 Å². The molecule has 3 rings (SSSR count). The van der Waals surface area contributed by atoms with Crippen molar-refractivity contribution >= 4 is 11.6 Å². The normalized spacial score (nSPS) is 10.2. The average molecular weight is 327 g/mol. The number of hydrogen-bond acceptors (Lipinski definition) is 4. The van der Waals surface area contributed by atoms with Crippen LogP contribution in [-0.4, -0.2) is 15.9 Å². The molecule has 1 heterocycles. The van der Waals surface area contributed by atoms with Crippen molar-refractivity contribution in [3.05, 3.63) is 78.1 Å². The van der Waals surface area contributed by atoms with Crippen molar-refractivity contribution in [2.75, 3.05) is 5.32 Å². The Morgan fingerprint density at radius 2 is 1.62 bits per heavy atom. The molecule has 0 aliphatic carbocycles. The van der Waals surface area contributed by atoms with Crippen LogP contribution in [-0.2, 0) is 0 Å². The van der Waals surface area contributed by atoms with Crippen LogP contribution in [0.5, 0.6) is 11.8 Å². The van der Waals surface area contributed by atoms with Crippen LogP contribution in [0.1, 0.15) is 10.4 Å². The van der Waals surface area contributed by atoms with Crippen molar-refractivity contribution < 1.29 is 18.3 Å². The number of para-hydroxylation sites is 1. The highest BCUT2D eigenvalue weighted by molar-refractivity contribution is 6.04. The van der Waals surface area contributed by atoms with Gasteiger partial charge in [0.25, 0.3) is 5.91 Å². The van der Waals surface area contributed by atoms with E-state index in [2.05, 4.69) is 15.3 Å². The molecule has 0 unspecified atom stereocenters. The van der Waals surface area contributed by atoms with Crippen molar-refractivity contribution in [3.63, 3.8) is 0 Å². The molecule has 0 atom stereocenters. The summed E-state index contributed by atoms with van der Waals surface area (Å²) in [5, 5.41) is 2.56. The van der Waals surface area contributed by atoms with Gasteiger partial charge in [-0.05, 0) is 36.4 Å². The Morgan fingerprint density at radius 3 is 2.29 bits per heavy atom. The minimum atomic E-state index is -0.533. The van der Waals surface area contributed by atoms with E-state index in [9.17, 15) is 13.6 Å². The molecule has 1 aromatic heterocycles. The average Bonchev–Trinajstić information content (AvgIpc) is 2.59. The zero-order chi connectivity index (χ0) is 16.9. The summed E-state index contributed by atoms with van der Waals surface area (Å²) < 4.78 is 31.5. The third kappa shape index (κ3) is 3.70. The number of nitrogens with zero attached hydrogens (tertiary/aromatic N) is 2. The predicted molar refractivity (Wildman–Crippen MR) is 82.9 cm³/mol. The number of aromatic nitrogens is 2. The first-order valence-corrected chi connectivity index (χ1v) is 6.93. The summed E-state index contributed by atoms with van der Waals surface area (Å²) in [7, 11) is 0. The van der Waals surface area contributed by atoms with Crippen molar-refractivity contribution in [3.8, 4) is 11.8 Å². The topological polar surface area (TPSA) is 64.1 Å². The highest BCUT2D eigenvalue weighted by atomic mass is 19.1. The summed E-state index contributed by atoms with van der Waals surface area (Å²) in [4.78, 5) is 19.8. The Hall–Kier alpha value is -3.35. The second-order valence-corrected chi connectivity index (χ2v) is 4.75. The molecule has 0 bridgehead atoms. The highest BCUT2D eigenvalue weighted by Gasteiger charge is 2.09. The molecule has 5 nitrogen and oxygen atoms in total. The van der Waals surface area contributed by atoms with Crippen molar-refractivity contribution in [2.45, 2.75) is 0 Å². The first-order valence-electron chi connectivity index (χ1n) is 6.93. The second-order valence-electron chi connectivity index (χ2n) is 4.75. The summed E-state index contributed by atoms with van der Waals surface area (Å²) in [6.45, 7) is 0. The second kappa shape index (κ2) is 6.82. The van der Waals surface area contributed by atoms with Gasteiger partial charge in [-0.2, -0.15) is 0 Å². The Labute approximate surface area is 136 Å². The van der Waals surface area contributed by atoms with Crippen LogP contribution in [0.2, 0.25) is 0 Å². The van der Waals surface area contributed by atoms with Gasteiger partial charge in [0.05, 0.1) is 18.1 Å². The van der Waals surface area contributed by atoms with E-state index in [0.717, 1.165) is 0 Å². The Bertz CT molecular complexity index is 852. The van der Waals surface area contributed by atoms with Gasteiger partial charge in [0.1, 0.15) is 5.82 Å². The van der Waals surface area contributed by atoms with E-state index in [4.69, 9.17) is 4.74 Å². The minimum absolute atomic E-state index is 0.000553. The van der Waals surface area contributed by atoms with Gasteiger partial charge < -0.3 is 10.1 Å². The number of ether oxygens (including phenoxy) is 1. The number of benzene rings is 2. The largest absolute Gasteiger partial charge is 0.421 e. The van der Waals surface area contributed by atoms with Gasteiger partial charge in [-0.3, -0.25) is 4.79 Å². The number of amides is 1. The molecule has 120 valence electrons. The fourth-order valence-corrected chi connectivity index (χ4v) is 1.86. The lowest BCUT2D eigenvalue weighted by atomic mass is 10.2. The maximum atomic E-state index is 13.5. The predicted octanol–water partition coefficient (Wildman–Crippen LogP) is 3.80. The summed E-state index contributed by atoms with van der Waals surface area (Å²) in [6.07, 6.45) is 2.65. The Balaban J connectivity index is 1.67. The van der Waals surface area contributed by atoms with Crippen LogP contribution in [0.25, 0.3) is 0 Å². The molecule has 0 aliphatic rings. The monoisotopic (exact) mass is 327 g/mol. The summed E-state index contributed by atoms with van der Waals surface area (Å²) in [5.74, 6) is -1.39. The van der Waals surface area contributed by atoms with Gasteiger partial charge in [0, 0.05) is 5.56 Å².